The Bertz CT molecular complexity index is 572. The maximum atomic E-state index is 11.2. The zero-order valence-corrected chi connectivity index (χ0v) is 11.6. The smallest absolute Gasteiger partial charge is 0.320 e. The molecule has 19 heavy (non-hydrogen) atoms. The molecule has 2 rings (SSSR count). The number of hydrogen-bond donors (Lipinski definition) is 3. The van der Waals surface area contributed by atoms with Gasteiger partial charge in [0.05, 0.1) is 11.0 Å². The molecule has 3 N–H and O–H groups in total. The lowest BCUT2D eigenvalue weighted by molar-refractivity contribution is 0.318. The van der Waals surface area contributed by atoms with Crippen molar-refractivity contribution < 1.29 is 0 Å². The highest BCUT2D eigenvalue weighted by Gasteiger charge is 2.03. The van der Waals surface area contributed by atoms with E-state index in [1.807, 2.05) is 19.2 Å². The van der Waals surface area contributed by atoms with Gasteiger partial charge in [-0.1, -0.05) is 6.07 Å². The molecule has 0 aliphatic heterocycles. The highest BCUT2D eigenvalue weighted by Crippen LogP contribution is 2.11. The van der Waals surface area contributed by atoms with Gasteiger partial charge in [0.1, 0.15) is 0 Å². The van der Waals surface area contributed by atoms with E-state index in [0.717, 1.165) is 30.7 Å². The van der Waals surface area contributed by atoms with E-state index in [0.29, 0.717) is 0 Å². The number of fused-ring (bicyclic) bond motifs is 1. The molecule has 5 heteroatoms. The predicted molar refractivity (Wildman–Crippen MR) is 78.4 cm³/mol. The van der Waals surface area contributed by atoms with Crippen LogP contribution in [-0.4, -0.2) is 42.1 Å². The maximum Gasteiger partial charge on any atom is 0.323 e. The number of H-pyrrole nitrogens is 2. The van der Waals surface area contributed by atoms with Gasteiger partial charge in [-0.05, 0) is 57.7 Å². The number of nitrogens with zero attached hydrogens (tertiary/aromatic N) is 1. The summed E-state index contributed by atoms with van der Waals surface area (Å²) in [6.07, 6.45) is 2.39. The quantitative estimate of drug-likeness (QED) is 0.659. The lowest BCUT2D eigenvalue weighted by atomic mass is 10.2. The molecule has 0 aliphatic rings. The van der Waals surface area contributed by atoms with Crippen molar-refractivity contribution in [2.75, 3.05) is 27.2 Å². The minimum Gasteiger partial charge on any atom is -0.320 e. The molecule has 0 atom stereocenters. The van der Waals surface area contributed by atoms with Crippen molar-refractivity contribution in [3.63, 3.8) is 0 Å². The first-order valence-corrected chi connectivity index (χ1v) is 6.73. The number of hydrogen-bond acceptors (Lipinski definition) is 3. The van der Waals surface area contributed by atoms with Gasteiger partial charge in [-0.2, -0.15) is 0 Å². The molecule has 0 amide bonds. The summed E-state index contributed by atoms with van der Waals surface area (Å²) in [5, 5.41) is 3.16. The largest absolute Gasteiger partial charge is 0.323 e. The molecule has 0 saturated carbocycles. The number of aromatic amines is 2. The number of aromatic nitrogens is 2. The molecule has 0 bridgehead atoms. The van der Waals surface area contributed by atoms with Gasteiger partial charge in [0, 0.05) is 6.54 Å². The van der Waals surface area contributed by atoms with Crippen LogP contribution in [0.2, 0.25) is 0 Å². The van der Waals surface area contributed by atoms with Gasteiger partial charge in [0.15, 0.2) is 0 Å². The molecular weight excluding hydrogens is 240 g/mol. The SMILES string of the molecule is CNCCCCN(C)Cc1ccc2[nH]c(=O)[nH]c2c1. The molecule has 5 nitrogen and oxygen atoms in total. The van der Waals surface area contributed by atoms with E-state index in [4.69, 9.17) is 0 Å². The fourth-order valence-electron chi connectivity index (χ4n) is 2.25. The topological polar surface area (TPSA) is 63.9 Å². The van der Waals surface area contributed by atoms with Crippen LogP contribution in [0.5, 0.6) is 0 Å². The van der Waals surface area contributed by atoms with E-state index >= 15 is 0 Å². The Labute approximate surface area is 113 Å². The van der Waals surface area contributed by atoms with Gasteiger partial charge in [0.2, 0.25) is 0 Å². The minimum atomic E-state index is -0.146. The van der Waals surface area contributed by atoms with Crippen molar-refractivity contribution in [1.29, 1.82) is 0 Å². The first-order valence-electron chi connectivity index (χ1n) is 6.73. The van der Waals surface area contributed by atoms with E-state index in [-0.39, 0.29) is 5.69 Å². The van der Waals surface area contributed by atoms with Crippen molar-refractivity contribution in [3.8, 4) is 0 Å². The zero-order chi connectivity index (χ0) is 13.7. The molecule has 0 radical (unpaired) electrons. The number of unbranched alkanes of at least 4 members (excludes halogenated alkanes) is 1. The Morgan fingerprint density at radius 3 is 2.79 bits per heavy atom. The van der Waals surface area contributed by atoms with Gasteiger partial charge >= 0.3 is 5.69 Å². The molecule has 0 fully saturated rings. The Morgan fingerprint density at radius 2 is 2.00 bits per heavy atom. The summed E-state index contributed by atoms with van der Waals surface area (Å²) < 4.78 is 0. The summed E-state index contributed by atoms with van der Waals surface area (Å²) in [7, 11) is 4.11. The van der Waals surface area contributed by atoms with Gasteiger partial charge in [-0.3, -0.25) is 0 Å². The summed E-state index contributed by atoms with van der Waals surface area (Å²) in [5.41, 5.74) is 2.82. The first kappa shape index (κ1) is 13.8. The van der Waals surface area contributed by atoms with Crippen molar-refractivity contribution in [3.05, 3.63) is 34.2 Å². The molecule has 0 saturated heterocycles. The minimum absolute atomic E-state index is 0.146. The van der Waals surface area contributed by atoms with Crippen LogP contribution in [0.15, 0.2) is 23.0 Å². The Hall–Kier alpha value is -1.59. The number of imidazole rings is 1. The second kappa shape index (κ2) is 6.54. The van der Waals surface area contributed by atoms with E-state index in [1.165, 1.54) is 18.4 Å². The van der Waals surface area contributed by atoms with Crippen LogP contribution in [0.3, 0.4) is 0 Å². The van der Waals surface area contributed by atoms with E-state index in [1.54, 1.807) is 0 Å². The average Bonchev–Trinajstić information content (AvgIpc) is 2.74. The van der Waals surface area contributed by atoms with Gasteiger partial charge in [0.25, 0.3) is 0 Å². The molecule has 1 heterocycles. The molecule has 0 aliphatic carbocycles. The lowest BCUT2D eigenvalue weighted by Gasteiger charge is -2.16. The fourth-order valence-corrected chi connectivity index (χ4v) is 2.25. The van der Waals surface area contributed by atoms with E-state index < -0.39 is 0 Å². The third-order valence-corrected chi connectivity index (χ3v) is 3.25. The second-order valence-electron chi connectivity index (χ2n) is 5.01. The molecule has 0 unspecified atom stereocenters. The lowest BCUT2D eigenvalue weighted by Crippen LogP contribution is -2.20. The zero-order valence-electron chi connectivity index (χ0n) is 11.6. The normalized spacial score (nSPS) is 11.5. The molecule has 2 aromatic rings. The summed E-state index contributed by atoms with van der Waals surface area (Å²) in [5.74, 6) is 0. The highest BCUT2D eigenvalue weighted by molar-refractivity contribution is 5.74. The number of rotatable bonds is 7. The number of benzene rings is 1. The summed E-state index contributed by atoms with van der Waals surface area (Å²) >= 11 is 0. The first-order chi connectivity index (χ1) is 9.19. The fraction of sp³-hybridized carbons (Fsp3) is 0.500. The Morgan fingerprint density at radius 1 is 1.21 bits per heavy atom. The van der Waals surface area contributed by atoms with Crippen LogP contribution in [-0.2, 0) is 6.54 Å². The summed E-state index contributed by atoms with van der Waals surface area (Å²) in [4.78, 5) is 19.1. The van der Waals surface area contributed by atoms with Crippen LogP contribution in [0, 0.1) is 0 Å². The summed E-state index contributed by atoms with van der Waals surface area (Å²) in [6, 6.07) is 6.06. The summed E-state index contributed by atoms with van der Waals surface area (Å²) in [6.45, 7) is 3.07. The second-order valence-corrected chi connectivity index (χ2v) is 5.01. The molecule has 104 valence electrons. The van der Waals surface area contributed by atoms with Crippen molar-refractivity contribution >= 4 is 11.0 Å². The van der Waals surface area contributed by atoms with Gasteiger partial charge in [-0.25, -0.2) is 4.79 Å². The molecule has 1 aromatic heterocycles. The van der Waals surface area contributed by atoms with Crippen molar-refractivity contribution in [1.82, 2.24) is 20.2 Å². The van der Waals surface area contributed by atoms with Crippen LogP contribution in [0.1, 0.15) is 18.4 Å². The van der Waals surface area contributed by atoms with Crippen LogP contribution < -0.4 is 11.0 Å². The van der Waals surface area contributed by atoms with Crippen LogP contribution in [0.4, 0.5) is 0 Å². The third-order valence-electron chi connectivity index (χ3n) is 3.25. The third kappa shape index (κ3) is 3.94. The average molecular weight is 262 g/mol. The monoisotopic (exact) mass is 262 g/mol. The number of nitrogens with one attached hydrogen (secondary N) is 3. The Balaban J connectivity index is 1.91. The molecule has 0 spiro atoms. The predicted octanol–water partition coefficient (Wildman–Crippen LogP) is 1.29. The van der Waals surface area contributed by atoms with Gasteiger partial charge < -0.3 is 20.2 Å². The molecular formula is C14H22N4O. The maximum absolute atomic E-state index is 11.2. The molecule has 1 aromatic carbocycles. The highest BCUT2D eigenvalue weighted by atomic mass is 16.1. The van der Waals surface area contributed by atoms with Crippen molar-refractivity contribution in [2.24, 2.45) is 0 Å². The Kier molecular flexibility index (Phi) is 4.76. The van der Waals surface area contributed by atoms with Gasteiger partial charge in [-0.15, -0.1) is 0 Å². The van der Waals surface area contributed by atoms with Crippen LogP contribution >= 0.6 is 0 Å². The van der Waals surface area contributed by atoms with Crippen molar-refractivity contribution in [2.45, 2.75) is 19.4 Å². The van der Waals surface area contributed by atoms with E-state index in [2.05, 4.69) is 33.3 Å². The van der Waals surface area contributed by atoms with Crippen LogP contribution in [0.25, 0.3) is 11.0 Å². The standard InChI is InChI=1S/C14H22N4O/c1-15-7-3-4-8-18(2)10-11-5-6-12-13(9-11)17-14(19)16-12/h5-6,9,15H,3-4,7-8,10H2,1-2H3,(H2,16,17,19). The van der Waals surface area contributed by atoms with E-state index in [9.17, 15) is 4.79 Å².